The Bertz CT molecular complexity index is 1200. The fourth-order valence-corrected chi connectivity index (χ4v) is 4.76. The molecule has 2 N–H and O–H groups in total. The highest BCUT2D eigenvalue weighted by atomic mass is 79.9. The molecule has 0 aliphatic heterocycles. The Morgan fingerprint density at radius 1 is 1.13 bits per heavy atom. The van der Waals surface area contributed by atoms with Crippen molar-refractivity contribution in [2.75, 3.05) is 10.6 Å². The van der Waals surface area contributed by atoms with Gasteiger partial charge in [0.05, 0.1) is 12.3 Å². The molecule has 0 saturated heterocycles. The van der Waals surface area contributed by atoms with Crippen LogP contribution in [0.2, 0.25) is 0 Å². The summed E-state index contributed by atoms with van der Waals surface area (Å²) in [5, 5.41) is 7.43. The van der Waals surface area contributed by atoms with Crippen molar-refractivity contribution in [3.05, 3.63) is 98.4 Å². The van der Waals surface area contributed by atoms with Gasteiger partial charge in [0.2, 0.25) is 0 Å². The number of pyridine rings is 1. The Labute approximate surface area is 193 Å². The van der Waals surface area contributed by atoms with Crippen LogP contribution in [-0.4, -0.2) is 10.9 Å². The van der Waals surface area contributed by atoms with Crippen molar-refractivity contribution < 1.29 is 9.21 Å². The Morgan fingerprint density at radius 3 is 2.58 bits per heavy atom. The van der Waals surface area contributed by atoms with Crippen LogP contribution in [0.5, 0.6) is 0 Å². The lowest BCUT2D eigenvalue weighted by Gasteiger charge is -2.22. The first-order valence-corrected chi connectivity index (χ1v) is 11.4. The number of hydrogen-bond donors (Lipinski definition) is 2. The molecule has 31 heavy (non-hydrogen) atoms. The monoisotopic (exact) mass is 495 g/mol. The SMILES string of the molecule is Cc1ccnc(N[C@@H](c2ccc(Br)cc2)c2c(NC(=O)c3ccco3)sc(C)c2C)c1. The highest BCUT2D eigenvalue weighted by Gasteiger charge is 2.25. The number of nitrogens with zero attached hydrogens (tertiary/aromatic N) is 1. The minimum atomic E-state index is -0.268. The number of anilines is 2. The van der Waals surface area contributed by atoms with E-state index in [1.165, 1.54) is 6.26 Å². The highest BCUT2D eigenvalue weighted by molar-refractivity contribution is 9.10. The van der Waals surface area contributed by atoms with Gasteiger partial charge in [0.1, 0.15) is 10.8 Å². The molecule has 1 aromatic carbocycles. The molecule has 158 valence electrons. The first kappa shape index (κ1) is 21.3. The van der Waals surface area contributed by atoms with Gasteiger partial charge in [-0.05, 0) is 73.9 Å². The average molecular weight is 496 g/mol. The highest BCUT2D eigenvalue weighted by Crippen LogP contribution is 2.41. The number of carbonyl (C=O) groups excluding carboxylic acids is 1. The van der Waals surface area contributed by atoms with Gasteiger partial charge in [-0.25, -0.2) is 4.98 Å². The smallest absolute Gasteiger partial charge is 0.291 e. The zero-order chi connectivity index (χ0) is 22.0. The Balaban J connectivity index is 1.78. The number of furan rings is 1. The van der Waals surface area contributed by atoms with Crippen LogP contribution in [0.4, 0.5) is 10.8 Å². The summed E-state index contributed by atoms with van der Waals surface area (Å²) >= 11 is 5.08. The number of nitrogens with one attached hydrogen (secondary N) is 2. The van der Waals surface area contributed by atoms with Gasteiger partial charge in [0, 0.05) is 21.1 Å². The van der Waals surface area contributed by atoms with Gasteiger partial charge in [0.25, 0.3) is 5.91 Å². The Morgan fingerprint density at radius 2 is 1.90 bits per heavy atom. The molecule has 4 aromatic rings. The molecule has 0 aliphatic carbocycles. The first-order chi connectivity index (χ1) is 14.9. The molecule has 7 heteroatoms. The topological polar surface area (TPSA) is 67.2 Å². The molecule has 0 saturated carbocycles. The van der Waals surface area contributed by atoms with Gasteiger partial charge in [-0.1, -0.05) is 28.1 Å². The summed E-state index contributed by atoms with van der Waals surface area (Å²) in [6.45, 7) is 6.19. The van der Waals surface area contributed by atoms with Crippen molar-refractivity contribution in [2.45, 2.75) is 26.8 Å². The standard InChI is InChI=1S/C24H22BrN3O2S/c1-14-10-11-26-20(13-14)27-22(17-6-8-18(25)9-7-17)21-15(2)16(3)31-24(21)28-23(29)19-5-4-12-30-19/h4-13,22H,1-3H3,(H,26,27)(H,28,29)/t22-/m0/s1. The predicted molar refractivity (Wildman–Crippen MR) is 129 cm³/mol. The number of thiophene rings is 1. The number of benzene rings is 1. The van der Waals surface area contributed by atoms with Crippen molar-refractivity contribution in [1.29, 1.82) is 0 Å². The molecule has 1 atom stereocenters. The molecule has 0 radical (unpaired) electrons. The second-order valence-electron chi connectivity index (χ2n) is 7.30. The molecule has 4 rings (SSSR count). The minimum Gasteiger partial charge on any atom is -0.459 e. The van der Waals surface area contributed by atoms with Crippen LogP contribution in [0, 0.1) is 20.8 Å². The van der Waals surface area contributed by atoms with E-state index >= 15 is 0 Å². The van der Waals surface area contributed by atoms with Gasteiger partial charge in [-0.15, -0.1) is 11.3 Å². The van der Waals surface area contributed by atoms with Crippen molar-refractivity contribution in [1.82, 2.24) is 4.98 Å². The maximum Gasteiger partial charge on any atom is 0.291 e. The van der Waals surface area contributed by atoms with E-state index in [2.05, 4.69) is 57.5 Å². The largest absolute Gasteiger partial charge is 0.459 e. The van der Waals surface area contributed by atoms with Crippen LogP contribution in [0.25, 0.3) is 0 Å². The van der Waals surface area contributed by atoms with E-state index < -0.39 is 0 Å². The summed E-state index contributed by atoms with van der Waals surface area (Å²) in [6.07, 6.45) is 3.29. The zero-order valence-corrected chi connectivity index (χ0v) is 19.8. The van der Waals surface area contributed by atoms with Crippen molar-refractivity contribution in [2.24, 2.45) is 0 Å². The molecule has 0 fully saturated rings. The molecule has 1 amide bonds. The summed E-state index contributed by atoms with van der Waals surface area (Å²) in [6, 6.07) is 15.3. The lowest BCUT2D eigenvalue weighted by Crippen LogP contribution is -2.17. The van der Waals surface area contributed by atoms with Crippen molar-refractivity contribution in [3.8, 4) is 0 Å². The lowest BCUT2D eigenvalue weighted by atomic mass is 9.96. The van der Waals surface area contributed by atoms with Gasteiger partial charge >= 0.3 is 0 Å². The van der Waals surface area contributed by atoms with E-state index in [1.54, 1.807) is 29.7 Å². The van der Waals surface area contributed by atoms with Crippen LogP contribution >= 0.6 is 27.3 Å². The summed E-state index contributed by atoms with van der Waals surface area (Å²) < 4.78 is 6.28. The Kier molecular flexibility index (Phi) is 6.25. The third-order valence-electron chi connectivity index (χ3n) is 5.10. The lowest BCUT2D eigenvalue weighted by molar-refractivity contribution is 0.0997. The molecule has 3 aromatic heterocycles. The van der Waals surface area contributed by atoms with Gasteiger partial charge in [-0.3, -0.25) is 4.79 Å². The molecule has 5 nitrogen and oxygen atoms in total. The zero-order valence-electron chi connectivity index (χ0n) is 17.4. The summed E-state index contributed by atoms with van der Waals surface area (Å²) in [5.41, 5.74) is 4.35. The number of aryl methyl sites for hydroxylation is 2. The van der Waals surface area contributed by atoms with Crippen LogP contribution in [0.3, 0.4) is 0 Å². The maximum absolute atomic E-state index is 12.7. The van der Waals surface area contributed by atoms with Gasteiger partial charge in [-0.2, -0.15) is 0 Å². The molecule has 0 aliphatic rings. The second kappa shape index (κ2) is 9.08. The minimum absolute atomic E-state index is 0.195. The number of hydrogen-bond acceptors (Lipinski definition) is 5. The molecule has 3 heterocycles. The first-order valence-electron chi connectivity index (χ1n) is 9.82. The number of aromatic nitrogens is 1. The van der Waals surface area contributed by atoms with E-state index in [1.807, 2.05) is 31.2 Å². The van der Waals surface area contributed by atoms with E-state index in [0.29, 0.717) is 0 Å². The molecule has 0 spiro atoms. The third kappa shape index (κ3) is 4.73. The number of carbonyl (C=O) groups is 1. The third-order valence-corrected chi connectivity index (χ3v) is 6.77. The van der Waals surface area contributed by atoms with E-state index in [0.717, 1.165) is 42.4 Å². The fourth-order valence-electron chi connectivity index (χ4n) is 3.40. The average Bonchev–Trinajstić information content (AvgIpc) is 3.37. The molecule has 0 unspecified atom stereocenters. The quantitative estimate of drug-likeness (QED) is 0.306. The predicted octanol–water partition coefficient (Wildman–Crippen LogP) is 6.88. The summed E-state index contributed by atoms with van der Waals surface area (Å²) in [4.78, 5) is 18.4. The summed E-state index contributed by atoms with van der Waals surface area (Å²) in [7, 11) is 0. The Hall–Kier alpha value is -2.90. The second-order valence-corrected chi connectivity index (χ2v) is 9.45. The molecular formula is C24H22BrN3O2S. The van der Waals surface area contributed by atoms with Gasteiger partial charge < -0.3 is 15.1 Å². The molecule has 0 bridgehead atoms. The fraction of sp³-hybridized carbons (Fsp3) is 0.167. The maximum atomic E-state index is 12.7. The van der Waals surface area contributed by atoms with E-state index in [9.17, 15) is 4.79 Å². The summed E-state index contributed by atoms with van der Waals surface area (Å²) in [5.74, 6) is 0.790. The van der Waals surface area contributed by atoms with E-state index in [-0.39, 0.29) is 17.7 Å². The van der Waals surface area contributed by atoms with Crippen LogP contribution < -0.4 is 10.6 Å². The van der Waals surface area contributed by atoms with Crippen molar-refractivity contribution in [3.63, 3.8) is 0 Å². The van der Waals surface area contributed by atoms with Crippen LogP contribution in [0.1, 0.15) is 43.7 Å². The van der Waals surface area contributed by atoms with Gasteiger partial charge in [0.15, 0.2) is 5.76 Å². The van der Waals surface area contributed by atoms with Crippen molar-refractivity contribution >= 4 is 44.0 Å². The van der Waals surface area contributed by atoms with Crippen LogP contribution in [0.15, 0.2) is 69.9 Å². The number of rotatable bonds is 6. The van der Waals surface area contributed by atoms with Crippen LogP contribution in [-0.2, 0) is 0 Å². The molecular weight excluding hydrogens is 474 g/mol. The normalized spacial score (nSPS) is 11.9. The number of amides is 1. The number of halogens is 1. The van der Waals surface area contributed by atoms with E-state index in [4.69, 9.17) is 4.42 Å².